The van der Waals surface area contributed by atoms with Crippen molar-refractivity contribution in [2.24, 2.45) is 0 Å². The summed E-state index contributed by atoms with van der Waals surface area (Å²) in [6, 6.07) is 19.7. The fourth-order valence-electron chi connectivity index (χ4n) is 2.33. The van der Waals surface area contributed by atoms with Gasteiger partial charge in [0.15, 0.2) is 5.82 Å². The third-order valence-electron chi connectivity index (χ3n) is 3.42. The van der Waals surface area contributed by atoms with Crippen molar-refractivity contribution in [1.29, 1.82) is 0 Å². The molecular weight excluding hydrogens is 318 g/mol. The van der Waals surface area contributed by atoms with E-state index >= 15 is 0 Å². The number of aromatic nitrogens is 5. The van der Waals surface area contributed by atoms with Gasteiger partial charge in [0, 0.05) is 29.8 Å². The number of benzene rings is 1. The van der Waals surface area contributed by atoms with Gasteiger partial charge in [-0.1, -0.05) is 24.3 Å². The summed E-state index contributed by atoms with van der Waals surface area (Å²) in [5.41, 5.74) is 1.97. The summed E-state index contributed by atoms with van der Waals surface area (Å²) in [6.07, 6.45) is 5.28. The van der Waals surface area contributed by atoms with E-state index in [2.05, 4.69) is 20.2 Å². The smallest absolute Gasteiger partial charge is 0.202 e. The first-order valence-corrected chi connectivity index (χ1v) is 8.23. The molecule has 0 aliphatic rings. The van der Waals surface area contributed by atoms with Crippen LogP contribution in [0.3, 0.4) is 0 Å². The van der Waals surface area contributed by atoms with Crippen molar-refractivity contribution >= 4 is 11.8 Å². The summed E-state index contributed by atoms with van der Waals surface area (Å²) in [5.74, 6) is 0.780. The molecule has 4 rings (SSSR count). The molecule has 0 bridgehead atoms. The highest BCUT2D eigenvalue weighted by Crippen LogP contribution is 2.30. The standard InChI is InChI=1S/C18H13N5S/c1-2-6-15(7-3-1)23-17(14-9-12-19-13-10-14)21-22-18(23)24-16-8-4-5-11-20-16/h1-13H. The summed E-state index contributed by atoms with van der Waals surface area (Å²) in [4.78, 5) is 8.44. The van der Waals surface area contributed by atoms with Crippen LogP contribution in [0.4, 0.5) is 0 Å². The van der Waals surface area contributed by atoms with Gasteiger partial charge in [0.1, 0.15) is 5.03 Å². The molecule has 0 saturated carbocycles. The molecule has 4 aromatic rings. The van der Waals surface area contributed by atoms with E-state index in [1.54, 1.807) is 18.6 Å². The van der Waals surface area contributed by atoms with E-state index in [1.165, 1.54) is 11.8 Å². The number of hydrogen-bond acceptors (Lipinski definition) is 5. The molecule has 0 aliphatic heterocycles. The summed E-state index contributed by atoms with van der Waals surface area (Å²) in [7, 11) is 0. The first kappa shape index (κ1) is 14.6. The monoisotopic (exact) mass is 331 g/mol. The number of hydrogen-bond donors (Lipinski definition) is 0. The van der Waals surface area contributed by atoms with Gasteiger partial charge in [-0.2, -0.15) is 0 Å². The zero-order valence-corrected chi connectivity index (χ0v) is 13.5. The number of rotatable bonds is 4. The summed E-state index contributed by atoms with van der Waals surface area (Å²) in [5, 5.41) is 10.4. The molecule has 0 spiro atoms. The Bertz CT molecular complexity index is 924. The van der Waals surface area contributed by atoms with Gasteiger partial charge in [0.2, 0.25) is 5.16 Å². The summed E-state index contributed by atoms with van der Waals surface area (Å²) >= 11 is 1.49. The van der Waals surface area contributed by atoms with Crippen LogP contribution in [-0.4, -0.2) is 24.7 Å². The van der Waals surface area contributed by atoms with Crippen molar-refractivity contribution in [2.75, 3.05) is 0 Å². The van der Waals surface area contributed by atoms with E-state index in [9.17, 15) is 0 Å². The molecule has 0 unspecified atom stereocenters. The van der Waals surface area contributed by atoms with E-state index in [4.69, 9.17) is 0 Å². The van der Waals surface area contributed by atoms with Gasteiger partial charge < -0.3 is 0 Å². The van der Waals surface area contributed by atoms with Crippen LogP contribution in [-0.2, 0) is 0 Å². The normalized spacial score (nSPS) is 10.7. The molecule has 24 heavy (non-hydrogen) atoms. The first-order valence-electron chi connectivity index (χ1n) is 7.42. The average Bonchev–Trinajstić information content (AvgIpc) is 3.07. The Morgan fingerprint density at radius 1 is 0.750 bits per heavy atom. The maximum absolute atomic E-state index is 4.40. The molecule has 0 fully saturated rings. The molecule has 5 nitrogen and oxygen atoms in total. The first-order chi connectivity index (χ1) is 11.9. The van der Waals surface area contributed by atoms with Crippen LogP contribution < -0.4 is 0 Å². The highest BCUT2D eigenvalue weighted by Gasteiger charge is 2.16. The van der Waals surface area contributed by atoms with Crippen LogP contribution in [0.25, 0.3) is 17.1 Å². The molecule has 3 heterocycles. The molecule has 0 N–H and O–H groups in total. The minimum Gasteiger partial charge on any atom is -0.270 e. The topological polar surface area (TPSA) is 56.5 Å². The second-order valence-corrected chi connectivity index (χ2v) is 5.97. The second kappa shape index (κ2) is 6.64. The molecule has 0 saturated heterocycles. The zero-order chi connectivity index (χ0) is 16.2. The van der Waals surface area contributed by atoms with Gasteiger partial charge in [0.05, 0.1) is 0 Å². The van der Waals surface area contributed by atoms with E-state index in [0.717, 1.165) is 27.3 Å². The zero-order valence-electron chi connectivity index (χ0n) is 12.6. The van der Waals surface area contributed by atoms with Crippen LogP contribution in [0.5, 0.6) is 0 Å². The quantitative estimate of drug-likeness (QED) is 0.568. The van der Waals surface area contributed by atoms with Crippen LogP contribution >= 0.6 is 11.8 Å². The van der Waals surface area contributed by atoms with Gasteiger partial charge >= 0.3 is 0 Å². The molecule has 0 radical (unpaired) electrons. The SMILES string of the molecule is c1ccc(-n2c(Sc3ccccn3)nnc2-c2ccncc2)cc1. The van der Waals surface area contributed by atoms with Crippen molar-refractivity contribution in [3.05, 3.63) is 79.3 Å². The second-order valence-electron chi connectivity index (χ2n) is 4.98. The molecular formula is C18H13N5S. The van der Waals surface area contributed by atoms with Gasteiger partial charge in [-0.3, -0.25) is 9.55 Å². The molecule has 1 aromatic carbocycles. The lowest BCUT2D eigenvalue weighted by atomic mass is 10.2. The van der Waals surface area contributed by atoms with Gasteiger partial charge in [-0.05, 0) is 48.2 Å². The molecule has 0 atom stereocenters. The Kier molecular flexibility index (Phi) is 4.04. The van der Waals surface area contributed by atoms with Crippen molar-refractivity contribution < 1.29 is 0 Å². The molecule has 0 aliphatic carbocycles. The minimum absolute atomic E-state index is 0.770. The fraction of sp³-hybridized carbons (Fsp3) is 0. The number of nitrogens with zero attached hydrogens (tertiary/aromatic N) is 5. The minimum atomic E-state index is 0.770. The lowest BCUT2D eigenvalue weighted by molar-refractivity contribution is 0.883. The summed E-state index contributed by atoms with van der Waals surface area (Å²) < 4.78 is 2.04. The van der Waals surface area contributed by atoms with Crippen LogP contribution in [0.15, 0.2) is 89.4 Å². The predicted octanol–water partition coefficient (Wildman–Crippen LogP) is 3.88. The molecule has 3 aromatic heterocycles. The predicted molar refractivity (Wildman–Crippen MR) is 93.0 cm³/mol. The molecule has 6 heteroatoms. The molecule has 116 valence electrons. The van der Waals surface area contributed by atoms with E-state index in [1.807, 2.05) is 65.2 Å². The third kappa shape index (κ3) is 2.91. The van der Waals surface area contributed by atoms with Crippen LogP contribution in [0.2, 0.25) is 0 Å². The van der Waals surface area contributed by atoms with Crippen molar-refractivity contribution in [3.8, 4) is 17.1 Å². The number of pyridine rings is 2. The van der Waals surface area contributed by atoms with E-state index < -0.39 is 0 Å². The lowest BCUT2D eigenvalue weighted by Gasteiger charge is -2.09. The Morgan fingerprint density at radius 3 is 2.29 bits per heavy atom. The van der Waals surface area contributed by atoms with Crippen LogP contribution in [0, 0.1) is 0 Å². The Labute approximate surface area is 143 Å². The maximum atomic E-state index is 4.40. The highest BCUT2D eigenvalue weighted by atomic mass is 32.2. The average molecular weight is 331 g/mol. The molecule has 0 amide bonds. The van der Waals surface area contributed by atoms with Crippen molar-refractivity contribution in [1.82, 2.24) is 24.7 Å². The maximum Gasteiger partial charge on any atom is 0.202 e. The van der Waals surface area contributed by atoms with Gasteiger partial charge in [-0.15, -0.1) is 10.2 Å². The largest absolute Gasteiger partial charge is 0.270 e. The van der Waals surface area contributed by atoms with Crippen molar-refractivity contribution in [2.45, 2.75) is 10.2 Å². The summed E-state index contributed by atoms with van der Waals surface area (Å²) in [6.45, 7) is 0. The van der Waals surface area contributed by atoms with E-state index in [0.29, 0.717) is 0 Å². The third-order valence-corrected chi connectivity index (χ3v) is 4.32. The Hall–Kier alpha value is -2.99. The Morgan fingerprint density at radius 2 is 1.54 bits per heavy atom. The van der Waals surface area contributed by atoms with Crippen molar-refractivity contribution in [3.63, 3.8) is 0 Å². The Balaban J connectivity index is 1.84. The van der Waals surface area contributed by atoms with Gasteiger partial charge in [-0.25, -0.2) is 4.98 Å². The number of para-hydroxylation sites is 1. The fourth-order valence-corrected chi connectivity index (χ4v) is 3.15. The lowest BCUT2D eigenvalue weighted by Crippen LogP contribution is -1.99. The van der Waals surface area contributed by atoms with E-state index in [-0.39, 0.29) is 0 Å². The van der Waals surface area contributed by atoms with Gasteiger partial charge in [0.25, 0.3) is 0 Å². The van der Waals surface area contributed by atoms with Crippen LogP contribution in [0.1, 0.15) is 0 Å². The highest BCUT2D eigenvalue weighted by molar-refractivity contribution is 7.99.